The molecule has 3 N–H and O–H groups in total. The number of amides is 1. The molecule has 1 aromatic heterocycles. The molecule has 6 nitrogen and oxygen atoms in total. The minimum Gasteiger partial charge on any atom is -0.491 e. The third kappa shape index (κ3) is 4.67. The maximum Gasteiger partial charge on any atom is 0.303 e. The van der Waals surface area contributed by atoms with E-state index < -0.39 is 5.97 Å². The SMILES string of the molecule is CCCOc1ccc(CCC(=O)O)cc1NC(=O)c1ccc2cc[nH]c2c1. The maximum atomic E-state index is 12.7. The number of hydrogen-bond acceptors (Lipinski definition) is 3. The Balaban J connectivity index is 1.83. The van der Waals surface area contributed by atoms with Gasteiger partial charge in [-0.15, -0.1) is 0 Å². The Morgan fingerprint density at radius 3 is 2.78 bits per heavy atom. The van der Waals surface area contributed by atoms with Crippen LogP contribution in [0.2, 0.25) is 0 Å². The van der Waals surface area contributed by atoms with Gasteiger partial charge in [0.25, 0.3) is 5.91 Å². The first-order valence-electron chi connectivity index (χ1n) is 8.93. The molecule has 2 aromatic carbocycles. The van der Waals surface area contributed by atoms with Gasteiger partial charge in [-0.2, -0.15) is 0 Å². The molecule has 0 aliphatic rings. The van der Waals surface area contributed by atoms with Gasteiger partial charge in [0, 0.05) is 23.7 Å². The molecule has 1 heterocycles. The normalized spacial score (nSPS) is 10.7. The topological polar surface area (TPSA) is 91.4 Å². The molecule has 0 aliphatic heterocycles. The Morgan fingerprint density at radius 2 is 2.00 bits per heavy atom. The summed E-state index contributed by atoms with van der Waals surface area (Å²) in [4.78, 5) is 26.6. The van der Waals surface area contributed by atoms with Gasteiger partial charge < -0.3 is 20.1 Å². The zero-order chi connectivity index (χ0) is 19.2. The quantitative estimate of drug-likeness (QED) is 0.556. The van der Waals surface area contributed by atoms with E-state index in [1.165, 1.54) is 0 Å². The standard InChI is InChI=1S/C21H22N2O4/c1-2-11-27-19-7-3-14(4-8-20(24)25)12-18(19)23-21(26)16-6-5-15-9-10-22-17(15)13-16/h3,5-7,9-10,12-13,22H,2,4,8,11H2,1H3,(H,23,26)(H,24,25). The summed E-state index contributed by atoms with van der Waals surface area (Å²) in [5.74, 6) is -0.528. The number of H-pyrrole nitrogens is 1. The molecule has 27 heavy (non-hydrogen) atoms. The highest BCUT2D eigenvalue weighted by Crippen LogP contribution is 2.27. The summed E-state index contributed by atoms with van der Waals surface area (Å²) >= 11 is 0. The zero-order valence-corrected chi connectivity index (χ0v) is 15.1. The number of carboxylic acids is 1. The van der Waals surface area contributed by atoms with E-state index >= 15 is 0 Å². The largest absolute Gasteiger partial charge is 0.491 e. The van der Waals surface area contributed by atoms with Gasteiger partial charge in [-0.25, -0.2) is 0 Å². The molecule has 140 valence electrons. The smallest absolute Gasteiger partial charge is 0.303 e. The fraction of sp³-hybridized carbons (Fsp3) is 0.238. The number of aliphatic carboxylic acids is 1. The third-order valence-electron chi connectivity index (χ3n) is 4.20. The van der Waals surface area contributed by atoms with Crippen LogP contribution in [0.1, 0.15) is 35.7 Å². The number of fused-ring (bicyclic) bond motifs is 1. The van der Waals surface area contributed by atoms with Crippen molar-refractivity contribution in [1.82, 2.24) is 4.98 Å². The fourth-order valence-corrected chi connectivity index (χ4v) is 2.80. The number of carbonyl (C=O) groups excluding carboxylic acids is 1. The number of carbonyl (C=O) groups is 2. The number of hydrogen-bond donors (Lipinski definition) is 3. The number of aromatic nitrogens is 1. The van der Waals surface area contributed by atoms with Crippen molar-refractivity contribution < 1.29 is 19.4 Å². The van der Waals surface area contributed by atoms with E-state index in [4.69, 9.17) is 9.84 Å². The van der Waals surface area contributed by atoms with Gasteiger partial charge in [-0.3, -0.25) is 9.59 Å². The van der Waals surface area contributed by atoms with Crippen molar-refractivity contribution in [3.05, 3.63) is 59.8 Å². The summed E-state index contributed by atoms with van der Waals surface area (Å²) in [6.07, 6.45) is 3.10. The lowest BCUT2D eigenvalue weighted by Gasteiger charge is -2.14. The summed E-state index contributed by atoms with van der Waals surface area (Å²) in [6.45, 7) is 2.54. The summed E-state index contributed by atoms with van der Waals surface area (Å²) in [5, 5.41) is 12.8. The lowest BCUT2D eigenvalue weighted by molar-refractivity contribution is -0.136. The van der Waals surface area contributed by atoms with Gasteiger partial charge >= 0.3 is 5.97 Å². The molecule has 0 saturated carbocycles. The average Bonchev–Trinajstić information content (AvgIpc) is 3.13. The molecule has 0 saturated heterocycles. The van der Waals surface area contributed by atoms with Gasteiger partial charge in [0.05, 0.1) is 12.3 Å². The summed E-state index contributed by atoms with van der Waals surface area (Å²) in [6, 6.07) is 12.8. The highest BCUT2D eigenvalue weighted by molar-refractivity contribution is 6.06. The molecule has 0 aliphatic carbocycles. The Bertz CT molecular complexity index is 962. The van der Waals surface area contributed by atoms with Crippen LogP contribution in [0.15, 0.2) is 48.7 Å². The first-order chi connectivity index (χ1) is 13.1. The highest BCUT2D eigenvalue weighted by Gasteiger charge is 2.12. The monoisotopic (exact) mass is 366 g/mol. The van der Waals surface area contributed by atoms with E-state index in [2.05, 4.69) is 10.3 Å². The first kappa shape index (κ1) is 18.5. The number of rotatable bonds is 8. The van der Waals surface area contributed by atoms with Crippen LogP contribution >= 0.6 is 0 Å². The fourth-order valence-electron chi connectivity index (χ4n) is 2.80. The summed E-state index contributed by atoms with van der Waals surface area (Å²) < 4.78 is 5.72. The van der Waals surface area contributed by atoms with Crippen LogP contribution in [0.5, 0.6) is 5.75 Å². The number of anilines is 1. The van der Waals surface area contributed by atoms with Crippen molar-refractivity contribution in [3.8, 4) is 5.75 Å². The van der Waals surface area contributed by atoms with Crippen LogP contribution < -0.4 is 10.1 Å². The number of carboxylic acid groups (broad SMARTS) is 1. The van der Waals surface area contributed by atoms with E-state index in [9.17, 15) is 9.59 Å². The van der Waals surface area contributed by atoms with Crippen LogP contribution in [0.4, 0.5) is 5.69 Å². The van der Waals surface area contributed by atoms with Crippen LogP contribution in [0.25, 0.3) is 10.9 Å². The number of nitrogens with one attached hydrogen (secondary N) is 2. The first-order valence-corrected chi connectivity index (χ1v) is 8.93. The Kier molecular flexibility index (Phi) is 5.76. The van der Waals surface area contributed by atoms with E-state index in [-0.39, 0.29) is 12.3 Å². The molecule has 0 spiro atoms. The van der Waals surface area contributed by atoms with Crippen molar-refractivity contribution in [3.63, 3.8) is 0 Å². The number of aryl methyl sites for hydroxylation is 1. The van der Waals surface area contributed by atoms with Crippen molar-refractivity contribution in [2.24, 2.45) is 0 Å². The van der Waals surface area contributed by atoms with Gasteiger partial charge in [0.15, 0.2) is 0 Å². The van der Waals surface area contributed by atoms with Gasteiger partial charge in [0.2, 0.25) is 0 Å². The third-order valence-corrected chi connectivity index (χ3v) is 4.20. The zero-order valence-electron chi connectivity index (χ0n) is 15.1. The minimum atomic E-state index is -0.855. The Labute approximate surface area is 157 Å². The lowest BCUT2D eigenvalue weighted by atomic mass is 10.1. The predicted octanol–water partition coefficient (Wildman–Crippen LogP) is 4.23. The Morgan fingerprint density at radius 1 is 1.15 bits per heavy atom. The van der Waals surface area contributed by atoms with Crippen molar-refractivity contribution in [2.45, 2.75) is 26.2 Å². The average molecular weight is 366 g/mol. The molecular formula is C21H22N2O4. The molecule has 0 fully saturated rings. The van der Waals surface area contributed by atoms with Gasteiger partial charge in [0.1, 0.15) is 5.75 Å². The molecule has 0 unspecified atom stereocenters. The van der Waals surface area contributed by atoms with Gasteiger partial charge in [-0.05, 0) is 54.1 Å². The van der Waals surface area contributed by atoms with E-state index in [1.54, 1.807) is 24.3 Å². The molecule has 3 rings (SSSR count). The molecule has 0 atom stereocenters. The van der Waals surface area contributed by atoms with Crippen molar-refractivity contribution in [1.29, 1.82) is 0 Å². The molecule has 1 amide bonds. The van der Waals surface area contributed by atoms with Crippen LogP contribution in [-0.2, 0) is 11.2 Å². The molecule has 6 heteroatoms. The lowest BCUT2D eigenvalue weighted by Crippen LogP contribution is -2.13. The molecule has 0 bridgehead atoms. The van der Waals surface area contributed by atoms with Crippen LogP contribution in [-0.4, -0.2) is 28.6 Å². The van der Waals surface area contributed by atoms with E-state index in [0.29, 0.717) is 30.0 Å². The number of aromatic amines is 1. The number of benzene rings is 2. The second-order valence-electron chi connectivity index (χ2n) is 6.31. The van der Waals surface area contributed by atoms with Crippen LogP contribution in [0, 0.1) is 0 Å². The van der Waals surface area contributed by atoms with E-state index in [1.807, 2.05) is 31.3 Å². The minimum absolute atomic E-state index is 0.0338. The van der Waals surface area contributed by atoms with Gasteiger partial charge in [-0.1, -0.05) is 19.1 Å². The number of ether oxygens (including phenoxy) is 1. The summed E-state index contributed by atoms with van der Waals surface area (Å²) in [7, 11) is 0. The molecule has 3 aromatic rings. The predicted molar refractivity (Wildman–Crippen MR) is 104 cm³/mol. The van der Waals surface area contributed by atoms with Crippen molar-refractivity contribution >= 4 is 28.5 Å². The summed E-state index contributed by atoms with van der Waals surface area (Å²) in [5.41, 5.74) is 2.79. The molecule has 0 radical (unpaired) electrons. The van der Waals surface area contributed by atoms with Crippen molar-refractivity contribution in [2.75, 3.05) is 11.9 Å². The van der Waals surface area contributed by atoms with E-state index in [0.717, 1.165) is 22.9 Å². The second-order valence-corrected chi connectivity index (χ2v) is 6.31. The molecular weight excluding hydrogens is 344 g/mol. The highest BCUT2D eigenvalue weighted by atomic mass is 16.5. The van der Waals surface area contributed by atoms with Crippen LogP contribution in [0.3, 0.4) is 0 Å². The maximum absolute atomic E-state index is 12.7. The second kappa shape index (κ2) is 8.40. The Hall–Kier alpha value is -3.28.